The highest BCUT2D eigenvalue weighted by Gasteiger charge is 2.21. The quantitative estimate of drug-likeness (QED) is 0.686. The first-order valence-corrected chi connectivity index (χ1v) is 7.51. The smallest absolute Gasteiger partial charge is 0.110 e. The van der Waals surface area contributed by atoms with Crippen LogP contribution in [0.15, 0.2) is 48.6 Å². The lowest BCUT2D eigenvalue weighted by Gasteiger charge is -2.18. The van der Waals surface area contributed by atoms with Crippen molar-refractivity contribution >= 4 is 30.5 Å². The summed E-state index contributed by atoms with van der Waals surface area (Å²) in [4.78, 5) is 0. The van der Waals surface area contributed by atoms with Crippen molar-refractivity contribution in [1.82, 2.24) is 4.57 Å². The highest BCUT2D eigenvalue weighted by Crippen LogP contribution is 2.37. The molecule has 2 aliphatic rings. The van der Waals surface area contributed by atoms with Crippen LogP contribution in [0, 0.1) is 0 Å². The average molecular weight is 259 g/mol. The fourth-order valence-electron chi connectivity index (χ4n) is 3.45. The molecule has 0 aliphatic heterocycles. The van der Waals surface area contributed by atoms with Crippen molar-refractivity contribution in [3.8, 4) is 0 Å². The molecule has 0 radical (unpaired) electrons. The van der Waals surface area contributed by atoms with E-state index in [0.717, 1.165) is 19.3 Å². The Morgan fingerprint density at radius 3 is 2.95 bits per heavy atom. The van der Waals surface area contributed by atoms with E-state index in [0.29, 0.717) is 5.82 Å². The highest BCUT2D eigenvalue weighted by atomic mass is 15.0. The summed E-state index contributed by atoms with van der Waals surface area (Å²) in [6.07, 6.45) is 14.8. The van der Waals surface area contributed by atoms with E-state index in [9.17, 15) is 0 Å². The van der Waals surface area contributed by atoms with Crippen LogP contribution < -0.4 is 0 Å². The maximum absolute atomic E-state index is 2.47. The van der Waals surface area contributed by atoms with Crippen LogP contribution in [-0.2, 0) is 6.42 Å². The molecule has 0 fully saturated rings. The van der Waals surface area contributed by atoms with Crippen LogP contribution in [0.25, 0.3) is 22.7 Å². The van der Waals surface area contributed by atoms with Crippen molar-refractivity contribution in [2.45, 2.75) is 25.1 Å². The molecule has 0 bridgehead atoms. The van der Waals surface area contributed by atoms with Crippen molar-refractivity contribution in [2.75, 3.05) is 0 Å². The lowest BCUT2D eigenvalue weighted by molar-refractivity contribution is 0.927. The van der Waals surface area contributed by atoms with E-state index in [1.165, 1.54) is 27.9 Å². The van der Waals surface area contributed by atoms with E-state index in [-0.39, 0.29) is 0 Å². The fourth-order valence-corrected chi connectivity index (χ4v) is 3.45. The van der Waals surface area contributed by atoms with Crippen molar-refractivity contribution in [2.24, 2.45) is 0 Å². The molecule has 2 aliphatic carbocycles. The molecule has 1 aromatic heterocycles. The second kappa shape index (κ2) is 4.55. The zero-order valence-corrected chi connectivity index (χ0v) is 11.8. The third-order valence-electron chi connectivity index (χ3n) is 4.41. The third kappa shape index (κ3) is 1.71. The van der Waals surface area contributed by atoms with E-state index >= 15 is 0 Å². The van der Waals surface area contributed by atoms with Crippen LogP contribution in [0.1, 0.15) is 24.1 Å². The summed E-state index contributed by atoms with van der Waals surface area (Å²) in [5.74, 6) is 0.641. The van der Waals surface area contributed by atoms with Gasteiger partial charge in [-0.2, -0.15) is 0 Å². The molecular weight excluding hydrogens is 241 g/mol. The van der Waals surface area contributed by atoms with Gasteiger partial charge in [-0.25, -0.2) is 0 Å². The minimum Gasteiger partial charge on any atom is -0.313 e. The van der Waals surface area contributed by atoms with Gasteiger partial charge in [0.2, 0.25) is 0 Å². The van der Waals surface area contributed by atoms with Gasteiger partial charge in [-0.3, -0.25) is 0 Å². The second-order valence-corrected chi connectivity index (χ2v) is 5.88. The molecule has 98 valence electrons. The van der Waals surface area contributed by atoms with E-state index in [1.807, 2.05) is 0 Å². The molecule has 2 heteroatoms. The van der Waals surface area contributed by atoms with Gasteiger partial charge in [-0.05, 0) is 48.9 Å². The van der Waals surface area contributed by atoms with Gasteiger partial charge in [0.05, 0.1) is 5.52 Å². The summed E-state index contributed by atoms with van der Waals surface area (Å²) < 4.78 is 2.47. The highest BCUT2D eigenvalue weighted by molar-refractivity contribution is 6.14. The number of para-hydroxylation sites is 1. The molecule has 0 saturated carbocycles. The normalized spacial score (nSPS) is 21.0. The van der Waals surface area contributed by atoms with Gasteiger partial charge in [-0.15, -0.1) is 0 Å². The lowest BCUT2D eigenvalue weighted by Crippen LogP contribution is -2.06. The van der Waals surface area contributed by atoms with Gasteiger partial charge in [0, 0.05) is 16.8 Å². The average Bonchev–Trinajstić information content (AvgIpc) is 2.82. The Morgan fingerprint density at radius 2 is 2.10 bits per heavy atom. The summed E-state index contributed by atoms with van der Waals surface area (Å²) in [6, 6.07) is 8.84. The SMILES string of the molecule is BC1C=Cc2c(c3ccccc3n2C2=CC=CCC2)C1. The maximum atomic E-state index is 2.47. The van der Waals surface area contributed by atoms with E-state index in [2.05, 4.69) is 67.1 Å². The first-order valence-electron chi connectivity index (χ1n) is 7.51. The van der Waals surface area contributed by atoms with Gasteiger partial charge in [0.15, 0.2) is 0 Å². The first kappa shape index (κ1) is 11.8. The van der Waals surface area contributed by atoms with Crippen LogP contribution in [-0.4, -0.2) is 12.4 Å². The molecule has 1 unspecified atom stereocenters. The summed E-state index contributed by atoms with van der Waals surface area (Å²) in [5.41, 5.74) is 5.69. The molecule has 0 amide bonds. The molecule has 1 aromatic carbocycles. The number of rotatable bonds is 1. The number of allylic oxidation sites excluding steroid dienone is 5. The Labute approximate surface area is 120 Å². The number of fused-ring (bicyclic) bond motifs is 3. The number of nitrogens with zero attached hydrogens (tertiary/aromatic N) is 1. The second-order valence-electron chi connectivity index (χ2n) is 5.88. The monoisotopic (exact) mass is 259 g/mol. The van der Waals surface area contributed by atoms with Crippen LogP contribution >= 0.6 is 0 Å². The fraction of sp³-hybridized carbons (Fsp3) is 0.222. The largest absolute Gasteiger partial charge is 0.313 e. The van der Waals surface area contributed by atoms with Gasteiger partial charge < -0.3 is 4.57 Å². The molecule has 0 saturated heterocycles. The standard InChI is InChI=1S/C18H18BN/c19-13-10-11-18-16(12-13)15-8-4-5-9-17(15)20(18)14-6-2-1-3-7-14/h1-2,4-6,8-11,13H,3,7,12,19H2. The topological polar surface area (TPSA) is 4.93 Å². The predicted octanol–water partition coefficient (Wildman–Crippen LogP) is 3.82. The Hall–Kier alpha value is -1.96. The van der Waals surface area contributed by atoms with Gasteiger partial charge in [0.1, 0.15) is 7.85 Å². The Balaban J connectivity index is 2.04. The number of hydrogen-bond donors (Lipinski definition) is 0. The zero-order valence-electron chi connectivity index (χ0n) is 11.8. The Kier molecular flexibility index (Phi) is 2.69. The van der Waals surface area contributed by atoms with E-state index < -0.39 is 0 Å². The van der Waals surface area contributed by atoms with Crippen molar-refractivity contribution < 1.29 is 0 Å². The first-order chi connectivity index (χ1) is 9.84. The van der Waals surface area contributed by atoms with Crippen LogP contribution in [0.3, 0.4) is 0 Å². The lowest BCUT2D eigenvalue weighted by atomic mass is 9.78. The predicted molar refractivity (Wildman–Crippen MR) is 89.6 cm³/mol. The summed E-state index contributed by atoms with van der Waals surface area (Å²) in [5, 5.41) is 1.43. The maximum Gasteiger partial charge on any atom is 0.110 e. The number of benzene rings is 1. The van der Waals surface area contributed by atoms with Crippen LogP contribution in [0.5, 0.6) is 0 Å². The van der Waals surface area contributed by atoms with Crippen LogP contribution in [0.4, 0.5) is 0 Å². The molecule has 2 aromatic rings. The van der Waals surface area contributed by atoms with Gasteiger partial charge in [-0.1, -0.05) is 36.4 Å². The van der Waals surface area contributed by atoms with Gasteiger partial charge >= 0.3 is 0 Å². The molecule has 4 rings (SSSR count). The minimum atomic E-state index is 0.641. The molecule has 1 nitrogen and oxygen atoms in total. The van der Waals surface area contributed by atoms with Crippen molar-refractivity contribution in [3.05, 3.63) is 59.8 Å². The molecular formula is C18H18BN. The van der Waals surface area contributed by atoms with Crippen LogP contribution in [0.2, 0.25) is 5.82 Å². The van der Waals surface area contributed by atoms with E-state index in [1.54, 1.807) is 0 Å². The van der Waals surface area contributed by atoms with Crippen molar-refractivity contribution in [1.29, 1.82) is 0 Å². The molecule has 0 spiro atoms. The van der Waals surface area contributed by atoms with Gasteiger partial charge in [0.25, 0.3) is 0 Å². The number of hydrogen-bond acceptors (Lipinski definition) is 0. The summed E-state index contributed by atoms with van der Waals surface area (Å²) in [6.45, 7) is 0. The Bertz CT molecular complexity index is 761. The zero-order chi connectivity index (χ0) is 13.5. The van der Waals surface area contributed by atoms with E-state index in [4.69, 9.17) is 0 Å². The summed E-state index contributed by atoms with van der Waals surface area (Å²) >= 11 is 0. The molecule has 1 heterocycles. The minimum absolute atomic E-state index is 0.641. The summed E-state index contributed by atoms with van der Waals surface area (Å²) in [7, 11) is 2.30. The number of aromatic nitrogens is 1. The van der Waals surface area contributed by atoms with Crippen molar-refractivity contribution in [3.63, 3.8) is 0 Å². The molecule has 20 heavy (non-hydrogen) atoms. The molecule has 0 N–H and O–H groups in total. The third-order valence-corrected chi connectivity index (χ3v) is 4.41. The Morgan fingerprint density at radius 1 is 1.20 bits per heavy atom. The molecule has 1 atom stereocenters.